The number of anilines is 1. The van der Waals surface area contributed by atoms with Crippen LogP contribution in [0.15, 0.2) is 6.33 Å². The van der Waals surface area contributed by atoms with Gasteiger partial charge in [0.25, 0.3) is 5.91 Å². The number of aryl methyl sites for hydroxylation is 1. The van der Waals surface area contributed by atoms with Crippen molar-refractivity contribution < 1.29 is 4.79 Å². The summed E-state index contributed by atoms with van der Waals surface area (Å²) in [6, 6.07) is 0. The molecule has 1 amide bonds. The fourth-order valence-corrected chi connectivity index (χ4v) is 2.36. The Bertz CT molecular complexity index is 517. The van der Waals surface area contributed by atoms with Gasteiger partial charge in [0.1, 0.15) is 12.0 Å². The van der Waals surface area contributed by atoms with Crippen molar-refractivity contribution in [3.8, 4) is 0 Å². The molecule has 0 spiro atoms. The molecular weight excluding hydrogens is 238 g/mol. The predicted octanol–water partition coefficient (Wildman–Crippen LogP) is 1.95. The van der Waals surface area contributed by atoms with Crippen LogP contribution in [0.4, 0.5) is 5.95 Å². The molecule has 2 aromatic heterocycles. The molecule has 7 heteroatoms. The lowest BCUT2D eigenvalue weighted by Crippen LogP contribution is -2.15. The van der Waals surface area contributed by atoms with Crippen molar-refractivity contribution in [2.75, 3.05) is 5.32 Å². The fourth-order valence-electron chi connectivity index (χ4n) is 1.43. The van der Waals surface area contributed by atoms with E-state index in [1.807, 2.05) is 20.8 Å². The molecule has 0 unspecified atom stereocenters. The Hall–Kier alpha value is -1.76. The molecule has 0 saturated heterocycles. The van der Waals surface area contributed by atoms with Gasteiger partial charge in [-0.1, -0.05) is 13.8 Å². The smallest absolute Gasteiger partial charge is 0.277 e. The highest BCUT2D eigenvalue weighted by Crippen LogP contribution is 2.26. The maximum Gasteiger partial charge on any atom is 0.277 e. The normalized spacial score (nSPS) is 10.8. The van der Waals surface area contributed by atoms with Crippen molar-refractivity contribution in [1.82, 2.24) is 20.2 Å². The number of aromatic nitrogens is 4. The Morgan fingerprint density at radius 2 is 2.29 bits per heavy atom. The summed E-state index contributed by atoms with van der Waals surface area (Å²) in [6.07, 6.45) is 1.34. The summed E-state index contributed by atoms with van der Waals surface area (Å²) in [5.41, 5.74) is 0.471. The van der Waals surface area contributed by atoms with Crippen molar-refractivity contribution >= 4 is 23.2 Å². The zero-order valence-corrected chi connectivity index (χ0v) is 10.6. The van der Waals surface area contributed by atoms with Crippen molar-refractivity contribution in [1.29, 1.82) is 0 Å². The molecular formula is C10H13N5OS. The van der Waals surface area contributed by atoms with Crippen LogP contribution < -0.4 is 5.32 Å². The molecule has 90 valence electrons. The van der Waals surface area contributed by atoms with Crippen molar-refractivity contribution in [3.05, 3.63) is 21.9 Å². The first kappa shape index (κ1) is 11.7. The SMILES string of the molecule is Cc1nc(C(=O)Nc2ncn[nH]2)c(C(C)C)s1. The Morgan fingerprint density at radius 1 is 1.53 bits per heavy atom. The average molecular weight is 251 g/mol. The maximum absolute atomic E-state index is 12.0. The van der Waals surface area contributed by atoms with Gasteiger partial charge in [-0.15, -0.1) is 11.3 Å². The molecule has 17 heavy (non-hydrogen) atoms. The number of hydrogen-bond donors (Lipinski definition) is 2. The van der Waals surface area contributed by atoms with E-state index < -0.39 is 0 Å². The lowest BCUT2D eigenvalue weighted by Gasteiger charge is -2.04. The monoisotopic (exact) mass is 251 g/mol. The van der Waals surface area contributed by atoms with E-state index in [4.69, 9.17) is 0 Å². The van der Waals surface area contributed by atoms with E-state index in [-0.39, 0.29) is 11.8 Å². The summed E-state index contributed by atoms with van der Waals surface area (Å²) in [6.45, 7) is 5.97. The fraction of sp³-hybridized carbons (Fsp3) is 0.400. The molecule has 6 nitrogen and oxygen atoms in total. The molecule has 0 atom stereocenters. The van der Waals surface area contributed by atoms with Gasteiger partial charge in [0.05, 0.1) is 5.01 Å². The second-order valence-electron chi connectivity index (χ2n) is 3.89. The number of amides is 1. The van der Waals surface area contributed by atoms with Gasteiger partial charge in [-0.25, -0.2) is 10.1 Å². The number of nitrogens with one attached hydrogen (secondary N) is 2. The summed E-state index contributed by atoms with van der Waals surface area (Å²) >= 11 is 1.55. The number of thiazole rings is 1. The molecule has 0 aliphatic rings. The van der Waals surface area contributed by atoms with Gasteiger partial charge < -0.3 is 0 Å². The third-order valence-electron chi connectivity index (χ3n) is 2.15. The number of carbonyl (C=O) groups is 1. The number of H-pyrrole nitrogens is 1. The molecule has 2 aromatic rings. The van der Waals surface area contributed by atoms with E-state index in [1.54, 1.807) is 11.3 Å². The van der Waals surface area contributed by atoms with Gasteiger partial charge in [0.2, 0.25) is 5.95 Å². The van der Waals surface area contributed by atoms with Crippen molar-refractivity contribution in [2.45, 2.75) is 26.7 Å². The van der Waals surface area contributed by atoms with E-state index >= 15 is 0 Å². The second-order valence-corrected chi connectivity index (χ2v) is 5.12. The summed E-state index contributed by atoms with van der Waals surface area (Å²) in [4.78, 5) is 21.1. The largest absolute Gasteiger partial charge is 0.289 e. The van der Waals surface area contributed by atoms with Gasteiger partial charge in [-0.05, 0) is 12.8 Å². The average Bonchev–Trinajstić information content (AvgIpc) is 2.86. The molecule has 2 heterocycles. The van der Waals surface area contributed by atoms with E-state index in [1.165, 1.54) is 6.33 Å². The van der Waals surface area contributed by atoms with Crippen molar-refractivity contribution in [3.63, 3.8) is 0 Å². The Morgan fingerprint density at radius 3 is 2.88 bits per heavy atom. The number of carbonyl (C=O) groups excluding carboxylic acids is 1. The van der Waals surface area contributed by atoms with Crippen molar-refractivity contribution in [2.24, 2.45) is 0 Å². The topological polar surface area (TPSA) is 83.6 Å². The van der Waals surface area contributed by atoms with Crippen LogP contribution in [-0.2, 0) is 0 Å². The minimum Gasteiger partial charge on any atom is -0.289 e. The standard InChI is InChI=1S/C10H13N5OS/c1-5(2)8-7(13-6(3)17-8)9(16)14-10-11-4-12-15-10/h4-5H,1-3H3,(H2,11,12,14,15,16). The Kier molecular flexibility index (Phi) is 3.19. The molecule has 0 radical (unpaired) electrons. The van der Waals surface area contributed by atoms with Crippen LogP contribution >= 0.6 is 11.3 Å². The number of nitrogens with zero attached hydrogens (tertiary/aromatic N) is 3. The highest BCUT2D eigenvalue weighted by Gasteiger charge is 2.19. The van der Waals surface area contributed by atoms with Gasteiger partial charge >= 0.3 is 0 Å². The van der Waals surface area contributed by atoms with Crippen LogP contribution in [0.5, 0.6) is 0 Å². The molecule has 0 fully saturated rings. The van der Waals surface area contributed by atoms with Crippen LogP contribution in [0, 0.1) is 6.92 Å². The number of aromatic amines is 1. The summed E-state index contributed by atoms with van der Waals surface area (Å²) in [5.74, 6) is 0.349. The lowest BCUT2D eigenvalue weighted by atomic mass is 10.1. The van der Waals surface area contributed by atoms with E-state index in [0.29, 0.717) is 11.6 Å². The minimum absolute atomic E-state index is 0.255. The lowest BCUT2D eigenvalue weighted by molar-refractivity contribution is 0.102. The first-order valence-corrected chi connectivity index (χ1v) is 6.03. The zero-order valence-electron chi connectivity index (χ0n) is 9.81. The van der Waals surface area contributed by atoms with Crippen LogP contribution in [0.3, 0.4) is 0 Å². The molecule has 0 bridgehead atoms. The van der Waals surface area contributed by atoms with Gasteiger partial charge in [0, 0.05) is 4.88 Å². The summed E-state index contributed by atoms with van der Waals surface area (Å²) in [7, 11) is 0. The first-order chi connectivity index (χ1) is 8.08. The summed E-state index contributed by atoms with van der Waals surface area (Å²) < 4.78 is 0. The third-order valence-corrected chi connectivity index (χ3v) is 3.42. The van der Waals surface area contributed by atoms with Gasteiger partial charge in [-0.2, -0.15) is 10.1 Å². The van der Waals surface area contributed by atoms with Crippen LogP contribution in [-0.4, -0.2) is 26.1 Å². The maximum atomic E-state index is 12.0. The highest BCUT2D eigenvalue weighted by atomic mass is 32.1. The number of hydrogen-bond acceptors (Lipinski definition) is 5. The highest BCUT2D eigenvalue weighted by molar-refractivity contribution is 7.12. The number of rotatable bonds is 3. The minimum atomic E-state index is -0.255. The Balaban J connectivity index is 2.24. The van der Waals surface area contributed by atoms with Crippen LogP contribution in [0.2, 0.25) is 0 Å². The molecule has 2 rings (SSSR count). The molecule has 2 N–H and O–H groups in total. The van der Waals surface area contributed by atoms with Gasteiger partial charge in [0.15, 0.2) is 0 Å². The predicted molar refractivity (Wildman–Crippen MR) is 65.3 cm³/mol. The molecule has 0 saturated carbocycles. The van der Waals surface area contributed by atoms with Crippen LogP contribution in [0.1, 0.15) is 40.1 Å². The quantitative estimate of drug-likeness (QED) is 0.873. The second kappa shape index (κ2) is 4.62. The molecule has 0 aromatic carbocycles. The van der Waals surface area contributed by atoms with E-state index in [0.717, 1.165) is 9.88 Å². The van der Waals surface area contributed by atoms with E-state index in [9.17, 15) is 4.79 Å². The van der Waals surface area contributed by atoms with Gasteiger partial charge in [-0.3, -0.25) is 10.1 Å². The molecule has 0 aliphatic carbocycles. The Labute approximate surface area is 103 Å². The van der Waals surface area contributed by atoms with E-state index in [2.05, 4.69) is 25.5 Å². The summed E-state index contributed by atoms with van der Waals surface area (Å²) in [5, 5.41) is 9.75. The van der Waals surface area contributed by atoms with Crippen LogP contribution in [0.25, 0.3) is 0 Å². The molecule has 0 aliphatic heterocycles. The first-order valence-electron chi connectivity index (χ1n) is 5.22. The zero-order chi connectivity index (χ0) is 12.4. The third kappa shape index (κ3) is 2.50.